The molecule has 1 heterocycles. The summed E-state index contributed by atoms with van der Waals surface area (Å²) in [7, 11) is 0. The van der Waals surface area contributed by atoms with Gasteiger partial charge in [-0.3, -0.25) is 9.59 Å². The number of rotatable bonds is 3. The molecule has 8 heteroatoms. The van der Waals surface area contributed by atoms with Crippen LogP contribution in [-0.4, -0.2) is 30.9 Å². The highest BCUT2D eigenvalue weighted by Crippen LogP contribution is 2.39. The number of nitrogens with zero attached hydrogens (tertiary/aromatic N) is 1. The predicted octanol–water partition coefficient (Wildman–Crippen LogP) is 0.906. The molecule has 1 aromatic rings. The van der Waals surface area contributed by atoms with Gasteiger partial charge in [-0.2, -0.15) is 5.10 Å². The van der Waals surface area contributed by atoms with E-state index in [1.807, 2.05) is 0 Å². The molecular formula is C13H12BrN3O4. The highest BCUT2D eigenvalue weighted by Gasteiger charge is 2.26. The van der Waals surface area contributed by atoms with E-state index in [-0.39, 0.29) is 12.8 Å². The van der Waals surface area contributed by atoms with Crippen molar-refractivity contribution in [2.24, 2.45) is 5.10 Å². The van der Waals surface area contributed by atoms with Crippen LogP contribution >= 0.6 is 15.9 Å². The summed E-state index contributed by atoms with van der Waals surface area (Å²) in [6.45, 7) is 0.173. The van der Waals surface area contributed by atoms with E-state index < -0.39 is 11.8 Å². The molecule has 0 unspecified atom stereocenters. The standard InChI is InChI=1S/C13H12BrN3O4/c14-9-3-7(4-10-11(9)21-6-20-10)5-15-17-13(19)12(18)16-8-1-2-8/h3-5,8H,1-2,6H2,(H,16,18)(H,17,19)/b15-5-. The lowest BCUT2D eigenvalue weighted by Gasteiger charge is -2.02. The van der Waals surface area contributed by atoms with Gasteiger partial charge in [0.15, 0.2) is 11.5 Å². The first-order valence-corrected chi connectivity index (χ1v) is 7.16. The first-order chi connectivity index (χ1) is 10.1. The van der Waals surface area contributed by atoms with Crippen LogP contribution < -0.4 is 20.2 Å². The predicted molar refractivity (Wildman–Crippen MR) is 77.2 cm³/mol. The Hall–Kier alpha value is -2.09. The zero-order chi connectivity index (χ0) is 14.8. The molecule has 0 radical (unpaired) electrons. The molecular weight excluding hydrogens is 342 g/mol. The molecule has 0 saturated heterocycles. The summed E-state index contributed by atoms with van der Waals surface area (Å²) >= 11 is 3.36. The summed E-state index contributed by atoms with van der Waals surface area (Å²) in [6, 6.07) is 3.64. The first kappa shape index (κ1) is 13.9. The van der Waals surface area contributed by atoms with Crippen LogP contribution in [0.15, 0.2) is 21.7 Å². The van der Waals surface area contributed by atoms with Crippen LogP contribution in [0, 0.1) is 0 Å². The first-order valence-electron chi connectivity index (χ1n) is 6.36. The van der Waals surface area contributed by atoms with Gasteiger partial charge >= 0.3 is 11.8 Å². The molecule has 2 amide bonds. The molecule has 2 N–H and O–H groups in total. The zero-order valence-corrected chi connectivity index (χ0v) is 12.5. The number of halogens is 1. The van der Waals surface area contributed by atoms with Gasteiger partial charge in [-0.15, -0.1) is 0 Å². The van der Waals surface area contributed by atoms with Crippen molar-refractivity contribution in [3.05, 3.63) is 22.2 Å². The minimum atomic E-state index is -0.780. The zero-order valence-electron chi connectivity index (χ0n) is 10.9. The maximum absolute atomic E-state index is 11.5. The van der Waals surface area contributed by atoms with Gasteiger partial charge in [-0.25, -0.2) is 5.43 Å². The van der Waals surface area contributed by atoms with Crippen molar-refractivity contribution in [2.45, 2.75) is 18.9 Å². The van der Waals surface area contributed by atoms with Gasteiger partial charge in [0.05, 0.1) is 10.7 Å². The second-order valence-electron chi connectivity index (χ2n) is 4.68. The van der Waals surface area contributed by atoms with Crippen molar-refractivity contribution < 1.29 is 19.1 Å². The van der Waals surface area contributed by atoms with E-state index in [4.69, 9.17) is 9.47 Å². The van der Waals surface area contributed by atoms with Crippen molar-refractivity contribution >= 4 is 34.0 Å². The SMILES string of the molecule is O=C(N/N=C\c1cc(Br)c2c(c1)OCO2)C(=O)NC1CC1. The molecule has 21 heavy (non-hydrogen) atoms. The summed E-state index contributed by atoms with van der Waals surface area (Å²) in [5.74, 6) is -0.205. The lowest BCUT2D eigenvalue weighted by Crippen LogP contribution is -2.38. The van der Waals surface area contributed by atoms with Crippen molar-refractivity contribution in [1.29, 1.82) is 0 Å². The highest BCUT2D eigenvalue weighted by molar-refractivity contribution is 9.10. The molecule has 110 valence electrons. The summed E-state index contributed by atoms with van der Waals surface area (Å²) in [5, 5.41) is 6.33. The van der Waals surface area contributed by atoms with Crippen LogP contribution in [0.1, 0.15) is 18.4 Å². The smallest absolute Gasteiger partial charge is 0.329 e. The van der Waals surface area contributed by atoms with Crippen molar-refractivity contribution in [1.82, 2.24) is 10.7 Å². The van der Waals surface area contributed by atoms with E-state index >= 15 is 0 Å². The van der Waals surface area contributed by atoms with Crippen LogP contribution in [0.5, 0.6) is 11.5 Å². The summed E-state index contributed by atoms with van der Waals surface area (Å²) in [4.78, 5) is 22.9. The maximum atomic E-state index is 11.5. The number of carbonyl (C=O) groups is 2. The highest BCUT2D eigenvalue weighted by atomic mass is 79.9. The molecule has 0 atom stereocenters. The average Bonchev–Trinajstić information content (AvgIpc) is 3.13. The topological polar surface area (TPSA) is 89.0 Å². The Morgan fingerprint density at radius 2 is 2.10 bits per heavy atom. The van der Waals surface area contributed by atoms with E-state index in [1.165, 1.54) is 6.21 Å². The van der Waals surface area contributed by atoms with Crippen molar-refractivity contribution in [3.63, 3.8) is 0 Å². The van der Waals surface area contributed by atoms with Crippen LogP contribution in [0.25, 0.3) is 0 Å². The van der Waals surface area contributed by atoms with Crippen LogP contribution in [-0.2, 0) is 9.59 Å². The number of hydrogen-bond acceptors (Lipinski definition) is 5. The molecule has 3 rings (SSSR count). The number of fused-ring (bicyclic) bond motifs is 1. The molecule has 2 aliphatic rings. The third-order valence-corrected chi connectivity index (χ3v) is 3.54. The molecule has 1 aromatic carbocycles. The van der Waals surface area contributed by atoms with E-state index in [9.17, 15) is 9.59 Å². The van der Waals surface area contributed by atoms with E-state index in [2.05, 4.69) is 31.8 Å². The Kier molecular flexibility index (Phi) is 3.78. The normalized spacial score (nSPS) is 16.0. The fraction of sp³-hybridized carbons (Fsp3) is 0.308. The fourth-order valence-corrected chi connectivity index (χ4v) is 2.33. The molecule has 1 aliphatic heterocycles. The van der Waals surface area contributed by atoms with Gasteiger partial charge in [0.25, 0.3) is 0 Å². The Morgan fingerprint density at radius 1 is 1.29 bits per heavy atom. The number of hydrogen-bond donors (Lipinski definition) is 2. The Bertz CT molecular complexity index is 628. The van der Waals surface area contributed by atoms with Gasteiger partial charge in [0, 0.05) is 6.04 Å². The lowest BCUT2D eigenvalue weighted by atomic mass is 10.2. The molecule has 1 fully saturated rings. The number of hydrazone groups is 1. The van der Waals surface area contributed by atoms with E-state index in [1.54, 1.807) is 12.1 Å². The Balaban J connectivity index is 1.59. The van der Waals surface area contributed by atoms with Crippen molar-refractivity contribution in [3.8, 4) is 11.5 Å². The summed E-state index contributed by atoms with van der Waals surface area (Å²) in [5.41, 5.74) is 2.89. The third kappa shape index (κ3) is 3.33. The molecule has 0 bridgehead atoms. The number of nitrogens with one attached hydrogen (secondary N) is 2. The Labute approximate surface area is 128 Å². The number of carbonyl (C=O) groups excluding carboxylic acids is 2. The molecule has 0 aromatic heterocycles. The minimum Gasteiger partial charge on any atom is -0.454 e. The lowest BCUT2D eigenvalue weighted by molar-refractivity contribution is -0.139. The summed E-state index contributed by atoms with van der Waals surface area (Å²) < 4.78 is 11.3. The second-order valence-corrected chi connectivity index (χ2v) is 5.54. The molecule has 1 saturated carbocycles. The third-order valence-electron chi connectivity index (χ3n) is 2.95. The largest absolute Gasteiger partial charge is 0.454 e. The molecule has 7 nitrogen and oxygen atoms in total. The van der Waals surface area contributed by atoms with Gasteiger partial charge in [0.1, 0.15) is 0 Å². The summed E-state index contributed by atoms with van der Waals surface area (Å²) in [6.07, 6.45) is 3.27. The van der Waals surface area contributed by atoms with Gasteiger partial charge in [-0.05, 0) is 46.5 Å². The van der Waals surface area contributed by atoms with E-state index in [0.717, 1.165) is 17.3 Å². The Morgan fingerprint density at radius 3 is 2.86 bits per heavy atom. The molecule has 1 aliphatic carbocycles. The number of ether oxygens (including phenoxy) is 2. The number of amides is 2. The average molecular weight is 354 g/mol. The monoisotopic (exact) mass is 353 g/mol. The maximum Gasteiger partial charge on any atom is 0.329 e. The fourth-order valence-electron chi connectivity index (χ4n) is 1.76. The number of benzene rings is 1. The second kappa shape index (κ2) is 5.72. The van der Waals surface area contributed by atoms with Gasteiger partial charge < -0.3 is 14.8 Å². The minimum absolute atomic E-state index is 0.136. The van der Waals surface area contributed by atoms with Gasteiger partial charge in [0.2, 0.25) is 6.79 Å². The molecule has 0 spiro atoms. The van der Waals surface area contributed by atoms with Crippen LogP contribution in [0.4, 0.5) is 0 Å². The van der Waals surface area contributed by atoms with E-state index in [0.29, 0.717) is 17.1 Å². The van der Waals surface area contributed by atoms with Gasteiger partial charge in [-0.1, -0.05) is 0 Å². The van der Waals surface area contributed by atoms with Crippen LogP contribution in [0.3, 0.4) is 0 Å². The van der Waals surface area contributed by atoms with Crippen LogP contribution in [0.2, 0.25) is 0 Å². The quantitative estimate of drug-likeness (QED) is 0.480. The van der Waals surface area contributed by atoms with Crippen molar-refractivity contribution in [2.75, 3.05) is 6.79 Å².